The van der Waals surface area contributed by atoms with Gasteiger partial charge >= 0.3 is 0 Å². The molecule has 2 rings (SSSR count). The van der Waals surface area contributed by atoms with Crippen LogP contribution in [-0.4, -0.2) is 25.7 Å². The number of sulfonamides is 1. The van der Waals surface area contributed by atoms with Crippen LogP contribution in [0.15, 0.2) is 23.4 Å². The van der Waals surface area contributed by atoms with E-state index in [1.807, 2.05) is 0 Å². The van der Waals surface area contributed by atoms with Crippen molar-refractivity contribution in [2.24, 2.45) is 0 Å². The van der Waals surface area contributed by atoms with E-state index >= 15 is 0 Å². The Balaban J connectivity index is 2.11. The molecule has 2 heterocycles. The first-order valence-corrected chi connectivity index (χ1v) is 8.11. The fraction of sp³-hybridized carbons (Fsp3) is 0.300. The van der Waals surface area contributed by atoms with Crippen molar-refractivity contribution < 1.29 is 8.42 Å². The third-order valence-electron chi connectivity index (χ3n) is 2.38. The van der Waals surface area contributed by atoms with Crippen LogP contribution in [0.3, 0.4) is 0 Å². The smallest absolute Gasteiger partial charge is 0.258 e. The van der Waals surface area contributed by atoms with Crippen LogP contribution in [0, 0.1) is 0 Å². The number of nitrogens with one attached hydrogen (secondary N) is 3. The monoisotopic (exact) mass is 320 g/mol. The Labute approximate surface area is 120 Å². The van der Waals surface area contributed by atoms with Crippen molar-refractivity contribution in [3.8, 4) is 0 Å². The Morgan fingerprint density at radius 3 is 2.84 bits per heavy atom. The molecule has 2 aromatic heterocycles. The predicted octanol–water partition coefficient (Wildman–Crippen LogP) is 1.32. The van der Waals surface area contributed by atoms with E-state index in [1.54, 1.807) is 19.2 Å². The van der Waals surface area contributed by atoms with Crippen LogP contribution in [-0.2, 0) is 23.1 Å². The fourth-order valence-corrected chi connectivity index (χ4v) is 3.78. The molecule has 0 amide bonds. The van der Waals surface area contributed by atoms with Crippen molar-refractivity contribution in [2.45, 2.75) is 18.1 Å². The van der Waals surface area contributed by atoms with Crippen molar-refractivity contribution in [2.75, 3.05) is 7.05 Å². The van der Waals surface area contributed by atoms with Gasteiger partial charge in [0.1, 0.15) is 0 Å². The van der Waals surface area contributed by atoms with Crippen molar-refractivity contribution in [1.29, 1.82) is 0 Å². The van der Waals surface area contributed by atoms with Gasteiger partial charge in [-0.3, -0.25) is 5.10 Å². The van der Waals surface area contributed by atoms with Crippen LogP contribution >= 0.6 is 22.9 Å². The second-order valence-corrected chi connectivity index (χ2v) is 7.29. The van der Waals surface area contributed by atoms with Gasteiger partial charge in [0.15, 0.2) is 5.03 Å². The molecule has 19 heavy (non-hydrogen) atoms. The summed E-state index contributed by atoms with van der Waals surface area (Å²) >= 11 is 7.13. The highest BCUT2D eigenvalue weighted by Crippen LogP contribution is 2.21. The van der Waals surface area contributed by atoms with Crippen molar-refractivity contribution in [1.82, 2.24) is 20.2 Å². The van der Waals surface area contributed by atoms with Gasteiger partial charge < -0.3 is 5.32 Å². The lowest BCUT2D eigenvalue weighted by atomic mass is 10.4. The van der Waals surface area contributed by atoms with E-state index in [1.165, 1.54) is 17.5 Å². The molecule has 0 atom stereocenters. The molecule has 0 fully saturated rings. The maximum absolute atomic E-state index is 12.1. The average molecular weight is 321 g/mol. The number of nitrogens with zero attached hydrogens (tertiary/aromatic N) is 1. The predicted molar refractivity (Wildman–Crippen MR) is 74.7 cm³/mol. The van der Waals surface area contributed by atoms with E-state index in [0.717, 1.165) is 4.88 Å². The average Bonchev–Trinajstić information content (AvgIpc) is 2.97. The lowest BCUT2D eigenvalue weighted by Gasteiger charge is -2.05. The van der Waals surface area contributed by atoms with E-state index in [2.05, 4.69) is 20.2 Å². The van der Waals surface area contributed by atoms with Crippen molar-refractivity contribution >= 4 is 33.0 Å². The summed E-state index contributed by atoms with van der Waals surface area (Å²) in [5, 5.41) is 9.25. The zero-order chi connectivity index (χ0) is 13.9. The van der Waals surface area contributed by atoms with E-state index < -0.39 is 10.0 Å². The van der Waals surface area contributed by atoms with E-state index in [-0.39, 0.29) is 11.6 Å². The topological polar surface area (TPSA) is 86.9 Å². The highest BCUT2D eigenvalue weighted by atomic mass is 35.5. The Hall–Kier alpha value is -0.930. The number of hydrogen-bond acceptors (Lipinski definition) is 5. The number of hydrogen-bond donors (Lipinski definition) is 3. The summed E-state index contributed by atoms with van der Waals surface area (Å²) < 4.78 is 27.4. The molecule has 0 saturated heterocycles. The minimum Gasteiger partial charge on any atom is -0.316 e. The zero-order valence-corrected chi connectivity index (χ0v) is 12.5. The molecule has 0 aliphatic rings. The summed E-state index contributed by atoms with van der Waals surface area (Å²) in [6.45, 7) is 0.634. The van der Waals surface area contributed by atoms with E-state index in [9.17, 15) is 8.42 Å². The molecule has 0 radical (unpaired) electrons. The first-order valence-electron chi connectivity index (χ1n) is 5.43. The standard InChI is InChI=1S/C10H13ClN4O2S2/c1-12-4-7-5-13-15-10(7)19(16,17)14-6-8-2-3-9(11)18-8/h2-3,5,12,14H,4,6H2,1H3,(H,13,15). The molecule has 2 aromatic rings. The van der Waals surface area contributed by atoms with Crippen LogP contribution in [0.1, 0.15) is 10.4 Å². The minimum absolute atomic E-state index is 0.0875. The third kappa shape index (κ3) is 3.54. The summed E-state index contributed by atoms with van der Waals surface area (Å²) in [7, 11) is -1.86. The lowest BCUT2D eigenvalue weighted by Crippen LogP contribution is -2.24. The van der Waals surface area contributed by atoms with Gasteiger partial charge in [-0.25, -0.2) is 13.1 Å². The molecule has 104 valence electrons. The van der Waals surface area contributed by atoms with Crippen LogP contribution in [0.2, 0.25) is 4.34 Å². The number of rotatable bonds is 6. The molecule has 0 aliphatic carbocycles. The highest BCUT2D eigenvalue weighted by molar-refractivity contribution is 7.89. The van der Waals surface area contributed by atoms with Crippen molar-refractivity contribution in [3.05, 3.63) is 33.1 Å². The Morgan fingerprint density at radius 2 is 2.21 bits per heavy atom. The maximum atomic E-state index is 12.1. The van der Waals surface area contributed by atoms with Gasteiger partial charge in [0.2, 0.25) is 0 Å². The van der Waals surface area contributed by atoms with Crippen molar-refractivity contribution in [3.63, 3.8) is 0 Å². The van der Waals surface area contributed by atoms with Crippen LogP contribution in [0.25, 0.3) is 0 Å². The summed E-state index contributed by atoms with van der Waals surface area (Å²) in [5.41, 5.74) is 0.596. The maximum Gasteiger partial charge on any atom is 0.258 e. The zero-order valence-electron chi connectivity index (χ0n) is 10.1. The van der Waals surface area contributed by atoms with Gasteiger partial charge in [0.25, 0.3) is 10.0 Å². The summed E-state index contributed by atoms with van der Waals surface area (Å²) in [6, 6.07) is 3.52. The van der Waals surface area contributed by atoms with Crippen LogP contribution in [0.4, 0.5) is 0 Å². The second kappa shape index (κ2) is 6.02. The molecule has 0 saturated carbocycles. The van der Waals surface area contributed by atoms with Gasteiger partial charge in [0.05, 0.1) is 10.5 Å². The SMILES string of the molecule is CNCc1cn[nH]c1S(=O)(=O)NCc1ccc(Cl)s1. The number of aromatic amines is 1. The molecular formula is C10H13ClN4O2S2. The molecule has 6 nitrogen and oxygen atoms in total. The van der Waals surface area contributed by atoms with Gasteiger partial charge in [-0.1, -0.05) is 11.6 Å². The van der Waals surface area contributed by atoms with Crippen LogP contribution < -0.4 is 10.0 Å². The van der Waals surface area contributed by atoms with Crippen LogP contribution in [0.5, 0.6) is 0 Å². The normalized spacial score (nSPS) is 11.9. The first-order chi connectivity index (χ1) is 9.03. The molecule has 0 aromatic carbocycles. The Morgan fingerprint density at radius 1 is 1.42 bits per heavy atom. The summed E-state index contributed by atoms with van der Waals surface area (Å²) in [6.07, 6.45) is 1.49. The second-order valence-electron chi connectivity index (χ2n) is 3.79. The van der Waals surface area contributed by atoms with Gasteiger partial charge in [-0.15, -0.1) is 11.3 Å². The Kier molecular flexibility index (Phi) is 4.58. The molecule has 3 N–H and O–H groups in total. The largest absolute Gasteiger partial charge is 0.316 e. The van der Waals surface area contributed by atoms with Gasteiger partial charge in [-0.2, -0.15) is 5.10 Å². The van der Waals surface area contributed by atoms with E-state index in [0.29, 0.717) is 16.4 Å². The highest BCUT2D eigenvalue weighted by Gasteiger charge is 2.20. The molecule has 9 heteroatoms. The van der Waals surface area contributed by atoms with E-state index in [4.69, 9.17) is 11.6 Å². The quantitative estimate of drug-likeness (QED) is 0.749. The number of H-pyrrole nitrogens is 1. The summed E-state index contributed by atoms with van der Waals surface area (Å²) in [5.74, 6) is 0. The molecule has 0 aliphatic heterocycles. The van der Waals surface area contributed by atoms with Gasteiger partial charge in [0, 0.05) is 23.5 Å². The summed E-state index contributed by atoms with van der Waals surface area (Å²) in [4.78, 5) is 0.850. The lowest BCUT2D eigenvalue weighted by molar-refractivity contribution is 0.575. The fourth-order valence-electron chi connectivity index (χ4n) is 1.53. The van der Waals surface area contributed by atoms with Gasteiger partial charge in [-0.05, 0) is 19.2 Å². The molecule has 0 spiro atoms. The number of thiophene rings is 1. The molecule has 0 unspecified atom stereocenters. The first kappa shape index (κ1) is 14.5. The molecular weight excluding hydrogens is 308 g/mol. The third-order valence-corrected chi connectivity index (χ3v) is 5.03. The number of aromatic nitrogens is 2. The molecule has 0 bridgehead atoms. The number of halogens is 1. The Bertz CT molecular complexity index is 650. The minimum atomic E-state index is -3.60.